The molecule has 6 rings (SSSR count). The van der Waals surface area contributed by atoms with E-state index in [0.717, 1.165) is 82.1 Å². The van der Waals surface area contributed by atoms with Crippen molar-refractivity contribution in [3.63, 3.8) is 0 Å². The summed E-state index contributed by atoms with van der Waals surface area (Å²) in [7, 11) is -7.34. The molecule has 59 heavy (non-hydrogen) atoms. The molecule has 3 heterocycles. The van der Waals surface area contributed by atoms with E-state index in [-0.39, 0.29) is 76.6 Å². The number of carbonyl (C=O) groups is 3. The predicted octanol–water partition coefficient (Wildman–Crippen LogP) is 2.38. The summed E-state index contributed by atoms with van der Waals surface area (Å²) in [5.74, 6) is -0.943. The van der Waals surface area contributed by atoms with Crippen LogP contribution in [0, 0.1) is 0 Å². The second-order valence-electron chi connectivity index (χ2n) is 16.1. The third-order valence-electron chi connectivity index (χ3n) is 11.5. The maximum Gasteiger partial charge on any atom is 1.00 e. The van der Waals surface area contributed by atoms with E-state index in [1.54, 1.807) is 12.1 Å². The molecule has 1 aliphatic carbocycles. The number of rotatable bonds is 14. The Labute approximate surface area is 369 Å². The molecule has 0 saturated carbocycles. The summed E-state index contributed by atoms with van der Waals surface area (Å²) in [5.41, 5.74) is 6.17. The van der Waals surface area contributed by atoms with Crippen molar-refractivity contribution >= 4 is 55.0 Å². The van der Waals surface area contributed by atoms with Gasteiger partial charge in [-0.15, -0.1) is 0 Å². The number of anilines is 1. The van der Waals surface area contributed by atoms with Crippen LogP contribution in [-0.4, -0.2) is 85.5 Å². The number of nitrogens with one attached hydrogen (secondary N) is 1. The number of unbranched alkanes of at least 4 members (excludes halogenated alkanes) is 2. The summed E-state index contributed by atoms with van der Waals surface area (Å²) in [5, 5.41) is 2.77. The van der Waals surface area contributed by atoms with Gasteiger partial charge in [0.15, 0.2) is 5.71 Å². The average Bonchev–Trinajstić information content (AvgIpc) is 3.66. The average molecular weight is 853 g/mol. The first-order chi connectivity index (χ1) is 27.2. The Hall–Kier alpha value is -3.96. The normalized spacial score (nSPS) is 19.8. The zero-order valence-electron chi connectivity index (χ0n) is 34.4. The predicted molar refractivity (Wildman–Crippen MR) is 218 cm³/mol. The Morgan fingerprint density at radius 3 is 2.12 bits per heavy atom. The van der Waals surface area contributed by atoms with Crippen LogP contribution in [0.1, 0.15) is 83.8 Å². The molecule has 0 atom stereocenters. The number of amides is 3. The Morgan fingerprint density at radius 1 is 0.814 bits per heavy atom. The fourth-order valence-corrected chi connectivity index (χ4v) is 9.31. The summed E-state index contributed by atoms with van der Waals surface area (Å²) >= 11 is 0. The van der Waals surface area contributed by atoms with Gasteiger partial charge in [-0.25, -0.2) is 16.8 Å². The van der Waals surface area contributed by atoms with Crippen LogP contribution in [0.15, 0.2) is 106 Å². The molecule has 3 amide bonds. The number of imide groups is 1. The Balaban J connectivity index is 0.00000661. The van der Waals surface area contributed by atoms with E-state index in [4.69, 9.17) is 0 Å². The monoisotopic (exact) mass is 852 g/mol. The molecule has 2 aromatic carbocycles. The van der Waals surface area contributed by atoms with Crippen LogP contribution >= 0.6 is 0 Å². The summed E-state index contributed by atoms with van der Waals surface area (Å²) in [6.45, 7) is 8.93. The van der Waals surface area contributed by atoms with Gasteiger partial charge in [-0.3, -0.25) is 19.3 Å². The smallest absolute Gasteiger partial charge is 0.744 e. The minimum absolute atomic E-state index is 0. The van der Waals surface area contributed by atoms with Crippen LogP contribution in [0.3, 0.4) is 0 Å². The van der Waals surface area contributed by atoms with Gasteiger partial charge in [0.05, 0.1) is 15.2 Å². The standard InChI is InChI=1S/C43H50N4O9S2.Na/c1-42(2)33-27-31(57(51,52)53)15-17-35(33)45(5)37(42)19-13-29-10-9-11-30(26-29)14-20-38-43(3,4)34-28-32(58(54,55)56)16-18-36(34)46(38)24-8-6-7-12-39(48)44-23-25-47-40(49)21-22-41(47)50;/h13-22,26-28H,6-12,23-25H2,1-5H3,(H2-,44,48,51,52,53,54,55,56);/q;+1/p-1. The van der Waals surface area contributed by atoms with E-state index in [1.165, 1.54) is 36.4 Å². The van der Waals surface area contributed by atoms with Gasteiger partial charge in [0.2, 0.25) is 11.6 Å². The van der Waals surface area contributed by atoms with E-state index in [1.807, 2.05) is 39.3 Å². The third-order valence-corrected chi connectivity index (χ3v) is 13.2. The van der Waals surface area contributed by atoms with E-state index >= 15 is 0 Å². The minimum atomic E-state index is -4.67. The summed E-state index contributed by atoms with van der Waals surface area (Å²) in [4.78, 5) is 38.6. The van der Waals surface area contributed by atoms with E-state index in [0.29, 0.717) is 13.0 Å². The molecule has 3 aliphatic heterocycles. The molecule has 4 aliphatic rings. The van der Waals surface area contributed by atoms with E-state index in [2.05, 4.69) is 40.6 Å². The van der Waals surface area contributed by atoms with Crippen LogP contribution in [-0.2, 0) is 45.4 Å². The van der Waals surface area contributed by atoms with Gasteiger partial charge in [0, 0.05) is 72.7 Å². The summed E-state index contributed by atoms with van der Waals surface area (Å²) < 4.78 is 73.3. The van der Waals surface area contributed by atoms with Gasteiger partial charge in [0.1, 0.15) is 27.3 Å². The Kier molecular flexibility index (Phi) is 14.0. The van der Waals surface area contributed by atoms with E-state index < -0.39 is 31.1 Å². The molecule has 0 aromatic heterocycles. The van der Waals surface area contributed by atoms with Crippen LogP contribution in [0.2, 0.25) is 0 Å². The molecular weight excluding hydrogens is 804 g/mol. The molecule has 0 saturated heterocycles. The molecule has 0 fully saturated rings. The summed E-state index contributed by atoms with van der Waals surface area (Å²) in [6, 6.07) is 9.01. The van der Waals surface area contributed by atoms with Crippen molar-refractivity contribution in [2.45, 2.75) is 93.3 Å². The third kappa shape index (κ3) is 9.99. The van der Waals surface area contributed by atoms with Crippen molar-refractivity contribution in [1.82, 2.24) is 10.2 Å². The molecule has 308 valence electrons. The van der Waals surface area contributed by atoms with Crippen LogP contribution < -0.4 is 39.8 Å². The number of allylic oxidation sites excluding steroid dienone is 8. The zero-order chi connectivity index (χ0) is 42.2. The largest absolute Gasteiger partial charge is 1.00 e. The Bertz CT molecular complexity index is 2460. The van der Waals surface area contributed by atoms with Crippen molar-refractivity contribution in [1.29, 1.82) is 0 Å². The molecule has 16 heteroatoms. The number of nitrogens with zero attached hydrogens (tertiary/aromatic N) is 3. The quantitative estimate of drug-likeness (QED) is 0.0973. The molecule has 0 bridgehead atoms. The number of fused-ring (bicyclic) bond motifs is 2. The van der Waals surface area contributed by atoms with Crippen LogP contribution in [0.25, 0.3) is 0 Å². The van der Waals surface area contributed by atoms with Crippen molar-refractivity contribution in [2.75, 3.05) is 31.6 Å². The molecule has 0 spiro atoms. The molecule has 1 N–H and O–H groups in total. The van der Waals surface area contributed by atoms with Gasteiger partial charge >= 0.3 is 29.6 Å². The van der Waals surface area contributed by atoms with Crippen LogP contribution in [0.5, 0.6) is 0 Å². The maximum atomic E-state index is 12.5. The van der Waals surface area contributed by atoms with E-state index in [9.17, 15) is 40.3 Å². The van der Waals surface area contributed by atoms with Gasteiger partial charge in [-0.2, -0.15) is 4.58 Å². The Morgan fingerprint density at radius 2 is 1.46 bits per heavy atom. The van der Waals surface area contributed by atoms with Gasteiger partial charge in [-0.1, -0.05) is 38.5 Å². The second-order valence-corrected chi connectivity index (χ2v) is 18.9. The molecule has 0 unspecified atom stereocenters. The first-order valence-electron chi connectivity index (χ1n) is 19.4. The number of hydrogen-bond acceptors (Lipinski definition) is 10. The van der Waals surface area contributed by atoms with Crippen molar-refractivity contribution in [3.05, 3.63) is 107 Å². The number of hydrogen-bond donors (Lipinski definition) is 1. The van der Waals surface area contributed by atoms with Crippen molar-refractivity contribution in [2.24, 2.45) is 0 Å². The molecule has 0 radical (unpaired) electrons. The number of benzene rings is 2. The van der Waals surface area contributed by atoms with Gasteiger partial charge < -0.3 is 19.3 Å². The minimum Gasteiger partial charge on any atom is -0.744 e. The first kappa shape index (κ1) is 46.1. The molecule has 2 aromatic rings. The van der Waals surface area contributed by atoms with Crippen molar-refractivity contribution in [3.8, 4) is 0 Å². The maximum absolute atomic E-state index is 12.5. The van der Waals surface area contributed by atoms with Crippen molar-refractivity contribution < 1.29 is 74.5 Å². The zero-order valence-corrected chi connectivity index (χ0v) is 38.0. The van der Waals surface area contributed by atoms with Gasteiger partial charge in [0.25, 0.3) is 11.8 Å². The van der Waals surface area contributed by atoms with Crippen LogP contribution in [0.4, 0.5) is 11.4 Å². The fraction of sp³-hybridized carbons (Fsp3) is 0.395. The molecule has 13 nitrogen and oxygen atoms in total. The summed E-state index contributed by atoms with van der Waals surface area (Å²) in [6.07, 6.45) is 17.9. The number of carbonyl (C=O) groups excluding carboxylic acids is 3. The second kappa shape index (κ2) is 17.9. The fourth-order valence-electron chi connectivity index (χ4n) is 8.32. The molecular formula is C43H49N4NaO9S2. The first-order valence-corrected chi connectivity index (χ1v) is 22.2. The SMILES string of the molecule is C[N+]1=C(/C=C/C2=CC(=C/C=C3/N(CCCCCC(=O)NCCN4C(=O)C=CC4=O)c4ccc(S(=O)(=O)[O-])cc4C3(C)C)/CCC2)C(C)(C)c2cc(S(=O)(=O)[O-])ccc21.[Na+]. The van der Waals surface area contributed by atoms with Gasteiger partial charge in [-0.05, 0) is 99.1 Å². The topological polar surface area (TPSA) is 187 Å².